The van der Waals surface area contributed by atoms with E-state index in [2.05, 4.69) is 22.4 Å². The molecule has 0 bridgehead atoms. The zero-order valence-electron chi connectivity index (χ0n) is 12.7. The van der Waals surface area contributed by atoms with Crippen LogP contribution in [0.15, 0.2) is 34.6 Å². The molecule has 0 unspecified atom stereocenters. The molecule has 2 aliphatic heterocycles. The van der Waals surface area contributed by atoms with Gasteiger partial charge in [-0.3, -0.25) is 4.99 Å². The lowest BCUT2D eigenvalue weighted by Crippen LogP contribution is -2.25. The van der Waals surface area contributed by atoms with E-state index in [1.807, 2.05) is 17.5 Å². The van der Waals surface area contributed by atoms with Crippen LogP contribution in [0.25, 0.3) is 0 Å². The number of fused-ring (bicyclic) bond motifs is 2. The highest BCUT2D eigenvalue weighted by atomic mass is 32.1. The van der Waals surface area contributed by atoms with E-state index in [1.54, 1.807) is 11.3 Å². The number of rotatable bonds is 3. The topological polar surface area (TPSA) is 68.9 Å². The summed E-state index contributed by atoms with van der Waals surface area (Å²) >= 11 is 1.55. The van der Waals surface area contributed by atoms with E-state index in [1.165, 1.54) is 11.1 Å². The highest BCUT2D eigenvalue weighted by molar-refractivity contribution is 7.12. The first kappa shape index (κ1) is 14.5. The van der Waals surface area contributed by atoms with Crippen molar-refractivity contribution in [2.45, 2.75) is 19.0 Å². The molecule has 3 N–H and O–H groups in total. The number of amidine groups is 1. The molecule has 6 heteroatoms. The molecule has 0 fully saturated rings. The van der Waals surface area contributed by atoms with Crippen LogP contribution in [0.2, 0.25) is 0 Å². The highest BCUT2D eigenvalue weighted by Gasteiger charge is 2.20. The maximum atomic E-state index is 6.06. The summed E-state index contributed by atoms with van der Waals surface area (Å²) in [7, 11) is 0. The number of thiophene rings is 1. The van der Waals surface area contributed by atoms with Crippen LogP contribution in [-0.2, 0) is 13.0 Å². The Hall–Kier alpha value is -2.05. The maximum Gasteiger partial charge on any atom is 0.141 e. The Kier molecular flexibility index (Phi) is 3.93. The molecule has 0 radical (unpaired) electrons. The Morgan fingerprint density at radius 3 is 3.26 bits per heavy atom. The largest absolute Gasteiger partial charge is 0.491 e. The van der Waals surface area contributed by atoms with E-state index in [4.69, 9.17) is 15.2 Å². The number of nitrogens with zero attached hydrogens (tertiary/aromatic N) is 1. The zero-order chi connectivity index (χ0) is 15.6. The summed E-state index contributed by atoms with van der Waals surface area (Å²) < 4.78 is 11.7. The molecule has 4 rings (SSSR count). The minimum absolute atomic E-state index is 0.0905. The van der Waals surface area contributed by atoms with Gasteiger partial charge in [0.2, 0.25) is 0 Å². The summed E-state index contributed by atoms with van der Waals surface area (Å²) in [4.78, 5) is 5.45. The summed E-state index contributed by atoms with van der Waals surface area (Å²) in [5.74, 6) is 2.25. The van der Waals surface area contributed by atoms with Crippen molar-refractivity contribution in [3.63, 3.8) is 0 Å². The Bertz CT molecular complexity index is 741. The predicted octanol–water partition coefficient (Wildman–Crippen LogP) is 1.94. The SMILES string of the molecule is NC1=N[C@H](COc2ccc3c(c2)CCNC3)COc2ccsc21. The van der Waals surface area contributed by atoms with Crippen LogP contribution in [0.5, 0.6) is 11.5 Å². The number of nitrogens with two attached hydrogens (primary N) is 1. The van der Waals surface area contributed by atoms with Crippen molar-refractivity contribution in [3.8, 4) is 11.5 Å². The fraction of sp³-hybridized carbons (Fsp3) is 0.353. The van der Waals surface area contributed by atoms with Gasteiger partial charge in [0.25, 0.3) is 0 Å². The van der Waals surface area contributed by atoms with Gasteiger partial charge in [-0.1, -0.05) is 6.07 Å². The molecule has 1 aromatic carbocycles. The first-order valence-corrected chi connectivity index (χ1v) is 8.67. The van der Waals surface area contributed by atoms with E-state index in [9.17, 15) is 0 Å². The van der Waals surface area contributed by atoms with Crippen molar-refractivity contribution in [2.75, 3.05) is 19.8 Å². The van der Waals surface area contributed by atoms with E-state index < -0.39 is 0 Å². The first-order chi connectivity index (χ1) is 11.3. The summed E-state index contributed by atoms with van der Waals surface area (Å²) in [5, 5.41) is 5.34. The molecule has 0 amide bonds. The molecular weight excluding hydrogens is 310 g/mol. The second-order valence-electron chi connectivity index (χ2n) is 5.76. The monoisotopic (exact) mass is 329 g/mol. The van der Waals surface area contributed by atoms with E-state index in [0.29, 0.717) is 19.0 Å². The molecule has 0 spiro atoms. The normalized spacial score (nSPS) is 19.8. The quantitative estimate of drug-likeness (QED) is 0.903. The molecule has 1 aromatic heterocycles. The fourth-order valence-corrected chi connectivity index (χ4v) is 3.64. The third kappa shape index (κ3) is 3.04. The van der Waals surface area contributed by atoms with E-state index in [0.717, 1.165) is 35.9 Å². The Morgan fingerprint density at radius 1 is 1.35 bits per heavy atom. The Labute approximate surface area is 139 Å². The third-order valence-corrected chi connectivity index (χ3v) is 5.04. The minimum atomic E-state index is -0.0905. The lowest BCUT2D eigenvalue weighted by Gasteiger charge is -2.19. The van der Waals surface area contributed by atoms with Crippen LogP contribution < -0.4 is 20.5 Å². The van der Waals surface area contributed by atoms with Crippen LogP contribution in [-0.4, -0.2) is 31.6 Å². The molecule has 2 aliphatic rings. The lowest BCUT2D eigenvalue weighted by atomic mass is 10.0. The summed E-state index contributed by atoms with van der Waals surface area (Å²) in [6.07, 6.45) is 1.05. The van der Waals surface area contributed by atoms with Crippen LogP contribution in [0, 0.1) is 0 Å². The van der Waals surface area contributed by atoms with E-state index in [-0.39, 0.29) is 6.04 Å². The molecule has 120 valence electrons. The Balaban J connectivity index is 1.43. The van der Waals surface area contributed by atoms with Gasteiger partial charge >= 0.3 is 0 Å². The molecule has 23 heavy (non-hydrogen) atoms. The van der Waals surface area contributed by atoms with E-state index >= 15 is 0 Å². The average molecular weight is 329 g/mol. The lowest BCUT2D eigenvalue weighted by molar-refractivity contribution is 0.224. The second kappa shape index (κ2) is 6.22. The van der Waals surface area contributed by atoms with Gasteiger partial charge in [0.05, 0.1) is 0 Å². The van der Waals surface area contributed by atoms with Gasteiger partial charge in [0, 0.05) is 6.54 Å². The smallest absolute Gasteiger partial charge is 0.141 e. The van der Waals surface area contributed by atoms with Crippen LogP contribution >= 0.6 is 11.3 Å². The maximum absolute atomic E-state index is 6.06. The minimum Gasteiger partial charge on any atom is -0.491 e. The van der Waals surface area contributed by atoms with Gasteiger partial charge in [-0.2, -0.15) is 0 Å². The zero-order valence-corrected chi connectivity index (χ0v) is 13.6. The predicted molar refractivity (Wildman–Crippen MR) is 91.7 cm³/mol. The number of hydrogen-bond acceptors (Lipinski definition) is 6. The highest BCUT2D eigenvalue weighted by Crippen LogP contribution is 2.27. The fourth-order valence-electron chi connectivity index (χ4n) is 2.90. The third-order valence-electron chi connectivity index (χ3n) is 4.12. The van der Waals surface area contributed by atoms with Gasteiger partial charge in [-0.25, -0.2) is 0 Å². The molecule has 1 atom stereocenters. The first-order valence-electron chi connectivity index (χ1n) is 7.79. The number of aliphatic imine (C=N–C) groups is 1. The van der Waals surface area contributed by atoms with Gasteiger partial charge < -0.3 is 20.5 Å². The number of ether oxygens (including phenoxy) is 2. The summed E-state index contributed by atoms with van der Waals surface area (Å²) in [6.45, 7) is 2.91. The van der Waals surface area contributed by atoms with Crippen molar-refractivity contribution in [2.24, 2.45) is 10.7 Å². The van der Waals surface area contributed by atoms with Crippen LogP contribution in [0.1, 0.15) is 16.0 Å². The van der Waals surface area contributed by atoms with Crippen LogP contribution in [0.4, 0.5) is 0 Å². The molecular formula is C17H19N3O2S. The average Bonchev–Trinajstić information content (AvgIpc) is 3.00. The van der Waals surface area contributed by atoms with Gasteiger partial charge in [-0.05, 0) is 47.7 Å². The van der Waals surface area contributed by atoms with Gasteiger partial charge in [-0.15, -0.1) is 11.3 Å². The molecule has 5 nitrogen and oxygen atoms in total. The van der Waals surface area contributed by atoms with Crippen molar-refractivity contribution >= 4 is 17.2 Å². The van der Waals surface area contributed by atoms with Crippen molar-refractivity contribution in [3.05, 3.63) is 45.6 Å². The molecule has 0 saturated carbocycles. The standard InChI is InChI=1S/C17H19N3O2S/c18-17-16-15(4-6-23-16)22-10-13(20-17)9-21-14-2-1-12-8-19-5-3-11(12)7-14/h1-2,4,6-7,13,19H,3,5,8-10H2,(H2,18,20)/t13-/m1/s1. The second-order valence-corrected chi connectivity index (χ2v) is 6.68. The molecule has 0 saturated heterocycles. The summed E-state index contributed by atoms with van der Waals surface area (Å²) in [5.41, 5.74) is 8.78. The summed E-state index contributed by atoms with van der Waals surface area (Å²) in [6, 6.07) is 8.14. The van der Waals surface area contributed by atoms with Crippen LogP contribution in [0.3, 0.4) is 0 Å². The Morgan fingerprint density at radius 2 is 2.30 bits per heavy atom. The molecule has 2 aromatic rings. The molecule has 0 aliphatic carbocycles. The number of benzene rings is 1. The number of nitrogens with one attached hydrogen (secondary N) is 1. The molecule has 3 heterocycles. The van der Waals surface area contributed by atoms with Gasteiger partial charge in [0.15, 0.2) is 0 Å². The van der Waals surface area contributed by atoms with Crippen molar-refractivity contribution < 1.29 is 9.47 Å². The van der Waals surface area contributed by atoms with Crippen molar-refractivity contribution in [1.29, 1.82) is 0 Å². The van der Waals surface area contributed by atoms with Crippen molar-refractivity contribution in [1.82, 2.24) is 5.32 Å². The van der Waals surface area contributed by atoms with Gasteiger partial charge in [0.1, 0.15) is 41.5 Å². The number of hydrogen-bond donors (Lipinski definition) is 2.